The first-order chi connectivity index (χ1) is 12.6. The highest BCUT2D eigenvalue weighted by Crippen LogP contribution is 2.51. The molecule has 0 heterocycles. The quantitative estimate of drug-likeness (QED) is 0.767. The Labute approximate surface area is 159 Å². The molecule has 2 aliphatic rings. The van der Waals surface area contributed by atoms with E-state index < -0.39 is 11.9 Å². The SMILES string of the molecule is NC(=O)C(N)CSC(C1=CCCC=C1)(C1=CCCC=C1)c1ccccc1. The summed E-state index contributed by atoms with van der Waals surface area (Å²) in [5.74, 6) is 0.0152. The van der Waals surface area contributed by atoms with Crippen LogP contribution in [0.15, 0.2) is 77.9 Å². The van der Waals surface area contributed by atoms with E-state index in [-0.39, 0.29) is 4.75 Å². The summed E-state index contributed by atoms with van der Waals surface area (Å²) in [7, 11) is 0. The van der Waals surface area contributed by atoms with Crippen LogP contribution in [0.25, 0.3) is 0 Å². The molecule has 136 valence electrons. The lowest BCUT2D eigenvalue weighted by atomic mass is 9.79. The number of amides is 1. The summed E-state index contributed by atoms with van der Waals surface area (Å²) in [4.78, 5) is 11.5. The zero-order valence-corrected chi connectivity index (χ0v) is 15.8. The third kappa shape index (κ3) is 3.87. The molecule has 0 saturated carbocycles. The van der Waals surface area contributed by atoms with Gasteiger partial charge in [-0.25, -0.2) is 0 Å². The molecule has 1 aromatic carbocycles. The van der Waals surface area contributed by atoms with E-state index in [0.717, 1.165) is 25.7 Å². The Bertz CT molecular complexity index is 730. The molecule has 4 N–H and O–H groups in total. The number of thioether (sulfide) groups is 1. The van der Waals surface area contributed by atoms with E-state index in [1.54, 1.807) is 11.8 Å². The van der Waals surface area contributed by atoms with Gasteiger partial charge in [-0.2, -0.15) is 0 Å². The summed E-state index contributed by atoms with van der Waals surface area (Å²) in [6.07, 6.45) is 17.7. The molecule has 3 rings (SSSR count). The van der Waals surface area contributed by atoms with E-state index in [9.17, 15) is 4.79 Å². The van der Waals surface area contributed by atoms with Crippen molar-refractivity contribution >= 4 is 17.7 Å². The van der Waals surface area contributed by atoms with Crippen LogP contribution in [0.5, 0.6) is 0 Å². The molecule has 1 amide bonds. The zero-order chi connectivity index (χ0) is 18.4. The molecule has 0 bridgehead atoms. The van der Waals surface area contributed by atoms with Crippen LogP contribution in [-0.2, 0) is 9.54 Å². The van der Waals surface area contributed by atoms with Gasteiger partial charge >= 0.3 is 0 Å². The third-order valence-corrected chi connectivity index (χ3v) is 6.49. The van der Waals surface area contributed by atoms with E-state index >= 15 is 0 Å². The number of carbonyl (C=O) groups is 1. The largest absolute Gasteiger partial charge is 0.368 e. The Morgan fingerprint density at radius 2 is 1.58 bits per heavy atom. The van der Waals surface area contributed by atoms with Gasteiger partial charge in [-0.15, -0.1) is 11.8 Å². The number of primary amides is 1. The first-order valence-electron chi connectivity index (χ1n) is 9.13. The van der Waals surface area contributed by atoms with Crippen molar-refractivity contribution in [1.29, 1.82) is 0 Å². The average molecular weight is 367 g/mol. The van der Waals surface area contributed by atoms with Gasteiger partial charge in [-0.1, -0.05) is 66.8 Å². The van der Waals surface area contributed by atoms with Crippen molar-refractivity contribution in [2.45, 2.75) is 36.5 Å². The van der Waals surface area contributed by atoms with Gasteiger partial charge in [0, 0.05) is 5.75 Å². The number of hydrogen-bond acceptors (Lipinski definition) is 3. The molecule has 0 radical (unpaired) electrons. The lowest BCUT2D eigenvalue weighted by Crippen LogP contribution is -2.40. The molecule has 0 spiro atoms. The van der Waals surface area contributed by atoms with Crippen molar-refractivity contribution in [3.8, 4) is 0 Å². The predicted octanol–water partition coefficient (Wildman–Crippen LogP) is 3.98. The number of hydrogen-bond donors (Lipinski definition) is 2. The van der Waals surface area contributed by atoms with Crippen molar-refractivity contribution in [3.63, 3.8) is 0 Å². The number of nitrogens with two attached hydrogens (primary N) is 2. The zero-order valence-electron chi connectivity index (χ0n) is 14.9. The van der Waals surface area contributed by atoms with E-state index in [1.807, 2.05) is 6.07 Å². The highest BCUT2D eigenvalue weighted by molar-refractivity contribution is 8.00. The number of allylic oxidation sites excluding steroid dienone is 6. The molecule has 26 heavy (non-hydrogen) atoms. The third-order valence-electron chi connectivity index (χ3n) is 4.83. The second kappa shape index (κ2) is 8.56. The predicted molar refractivity (Wildman–Crippen MR) is 111 cm³/mol. The Hall–Kier alpha value is -2.04. The number of rotatable bonds is 7. The minimum atomic E-state index is -0.663. The summed E-state index contributed by atoms with van der Waals surface area (Å²) in [5, 5.41) is 0. The fourth-order valence-electron chi connectivity index (χ4n) is 3.47. The van der Waals surface area contributed by atoms with E-state index in [2.05, 4.69) is 60.7 Å². The Morgan fingerprint density at radius 1 is 1.00 bits per heavy atom. The van der Waals surface area contributed by atoms with Crippen LogP contribution in [0.3, 0.4) is 0 Å². The summed E-state index contributed by atoms with van der Waals surface area (Å²) < 4.78 is -0.373. The first-order valence-corrected chi connectivity index (χ1v) is 10.1. The molecule has 4 heteroatoms. The maximum absolute atomic E-state index is 11.5. The lowest BCUT2D eigenvalue weighted by Gasteiger charge is -2.39. The molecule has 2 aliphatic carbocycles. The van der Waals surface area contributed by atoms with Gasteiger partial charge in [-0.05, 0) is 42.4 Å². The van der Waals surface area contributed by atoms with Crippen LogP contribution in [-0.4, -0.2) is 17.7 Å². The molecule has 1 unspecified atom stereocenters. The van der Waals surface area contributed by atoms with E-state index in [1.165, 1.54) is 16.7 Å². The smallest absolute Gasteiger partial charge is 0.235 e. The molecule has 0 saturated heterocycles. The molecular weight excluding hydrogens is 340 g/mol. The summed E-state index contributed by atoms with van der Waals surface area (Å²) in [6.45, 7) is 0. The molecular formula is C22H26N2OS. The molecule has 1 atom stereocenters. The van der Waals surface area contributed by atoms with Crippen molar-refractivity contribution in [3.05, 3.63) is 83.5 Å². The second-order valence-corrected chi connectivity index (χ2v) is 7.88. The van der Waals surface area contributed by atoms with Crippen LogP contribution >= 0.6 is 11.8 Å². The summed E-state index contributed by atoms with van der Waals surface area (Å²) in [5.41, 5.74) is 15.1. The fraction of sp³-hybridized carbons (Fsp3) is 0.318. The standard InChI is InChI=1S/C22H26N2OS/c23-20(21(24)25)16-26-22(17-10-4-1-5-11-17,18-12-6-2-7-13-18)19-14-8-3-9-15-19/h1,4-6,8,10-15,20H,2-3,7,9,16,23H2,(H2,24,25). The Balaban J connectivity index is 2.12. The second-order valence-electron chi connectivity index (χ2n) is 6.65. The van der Waals surface area contributed by atoms with Crippen LogP contribution in [0.4, 0.5) is 0 Å². The number of carbonyl (C=O) groups excluding carboxylic acids is 1. The van der Waals surface area contributed by atoms with Crippen LogP contribution in [0.1, 0.15) is 31.2 Å². The van der Waals surface area contributed by atoms with Crippen molar-refractivity contribution in [1.82, 2.24) is 0 Å². The maximum atomic E-state index is 11.5. The van der Waals surface area contributed by atoms with Gasteiger partial charge in [-0.3, -0.25) is 4.79 Å². The molecule has 0 aliphatic heterocycles. The van der Waals surface area contributed by atoms with Crippen LogP contribution < -0.4 is 11.5 Å². The highest BCUT2D eigenvalue weighted by Gasteiger charge is 2.39. The van der Waals surface area contributed by atoms with E-state index in [0.29, 0.717) is 5.75 Å². The molecule has 3 nitrogen and oxygen atoms in total. The van der Waals surface area contributed by atoms with Crippen LogP contribution in [0, 0.1) is 0 Å². The van der Waals surface area contributed by atoms with Crippen molar-refractivity contribution in [2.75, 3.05) is 5.75 Å². The summed E-state index contributed by atoms with van der Waals surface area (Å²) >= 11 is 1.71. The van der Waals surface area contributed by atoms with Gasteiger partial charge in [0.25, 0.3) is 0 Å². The monoisotopic (exact) mass is 366 g/mol. The number of benzene rings is 1. The molecule has 0 aromatic heterocycles. The van der Waals surface area contributed by atoms with Crippen molar-refractivity contribution in [2.24, 2.45) is 11.5 Å². The lowest BCUT2D eigenvalue weighted by molar-refractivity contribution is -0.118. The van der Waals surface area contributed by atoms with Gasteiger partial charge in [0.1, 0.15) is 0 Å². The topological polar surface area (TPSA) is 69.1 Å². The Morgan fingerprint density at radius 3 is 2.04 bits per heavy atom. The van der Waals surface area contributed by atoms with Gasteiger partial charge in [0.05, 0.1) is 10.8 Å². The summed E-state index contributed by atoms with van der Waals surface area (Å²) in [6, 6.07) is 9.83. The molecule has 0 fully saturated rings. The van der Waals surface area contributed by atoms with Gasteiger partial charge in [0.15, 0.2) is 0 Å². The minimum Gasteiger partial charge on any atom is -0.368 e. The van der Waals surface area contributed by atoms with Crippen LogP contribution in [0.2, 0.25) is 0 Å². The van der Waals surface area contributed by atoms with Crippen molar-refractivity contribution < 1.29 is 4.79 Å². The first kappa shape index (κ1) is 18.7. The van der Waals surface area contributed by atoms with Gasteiger partial charge < -0.3 is 11.5 Å². The highest BCUT2D eigenvalue weighted by atomic mass is 32.2. The average Bonchev–Trinajstić information content (AvgIpc) is 2.70. The fourth-order valence-corrected chi connectivity index (χ4v) is 5.00. The van der Waals surface area contributed by atoms with Gasteiger partial charge in [0.2, 0.25) is 5.91 Å². The molecule has 1 aromatic rings. The Kier molecular flexibility index (Phi) is 6.17. The minimum absolute atomic E-state index is 0.373. The van der Waals surface area contributed by atoms with E-state index in [4.69, 9.17) is 11.5 Å². The normalized spacial score (nSPS) is 18.2. The maximum Gasteiger partial charge on any atom is 0.235 e.